The maximum absolute atomic E-state index is 12.0. The van der Waals surface area contributed by atoms with Crippen LogP contribution in [-0.2, 0) is 14.3 Å². The second-order valence-corrected chi connectivity index (χ2v) is 13.2. The van der Waals surface area contributed by atoms with Gasteiger partial charge in [-0.25, -0.2) is 19.6 Å². The number of amides is 2. The molecule has 0 atom stereocenters. The van der Waals surface area contributed by atoms with Gasteiger partial charge in [0.1, 0.15) is 17.0 Å². The van der Waals surface area contributed by atoms with Crippen LogP contribution in [-0.4, -0.2) is 105 Å². The highest BCUT2D eigenvalue weighted by atomic mass is 35.5. The van der Waals surface area contributed by atoms with E-state index in [1.54, 1.807) is 9.80 Å². The summed E-state index contributed by atoms with van der Waals surface area (Å²) in [7, 11) is 3.01. The minimum absolute atomic E-state index is 0.174. The van der Waals surface area contributed by atoms with Crippen molar-refractivity contribution in [2.75, 3.05) is 51.4 Å². The van der Waals surface area contributed by atoms with Crippen molar-refractivity contribution in [2.45, 2.75) is 84.5 Å². The van der Waals surface area contributed by atoms with Gasteiger partial charge < -0.3 is 39.8 Å². The number of hydrogen-bond acceptors (Lipinski definition) is 13. The van der Waals surface area contributed by atoms with E-state index in [1.807, 2.05) is 41.5 Å². The van der Waals surface area contributed by atoms with Gasteiger partial charge in [0, 0.05) is 45.1 Å². The Morgan fingerprint density at radius 3 is 1.70 bits per heavy atom. The highest BCUT2D eigenvalue weighted by Gasteiger charge is 2.28. The van der Waals surface area contributed by atoms with Gasteiger partial charge in [-0.1, -0.05) is 23.2 Å². The van der Waals surface area contributed by atoms with Crippen LogP contribution >= 0.6 is 23.2 Å². The number of carbonyl (C=O) groups is 3. The predicted octanol–water partition coefficient (Wildman–Crippen LogP) is 5.26. The number of likely N-dealkylation sites (tertiary alicyclic amines) is 2. The molecule has 0 radical (unpaired) electrons. The number of nitrogens with one attached hydrogen (secondary N) is 1. The van der Waals surface area contributed by atoms with Crippen LogP contribution in [0, 0.1) is 0 Å². The first-order valence-corrected chi connectivity index (χ1v) is 15.8. The summed E-state index contributed by atoms with van der Waals surface area (Å²) >= 11 is 11.5. The van der Waals surface area contributed by atoms with Crippen LogP contribution in [0.2, 0.25) is 10.3 Å². The fourth-order valence-electron chi connectivity index (χ4n) is 4.01. The highest BCUT2D eigenvalue weighted by Crippen LogP contribution is 2.24. The lowest BCUT2D eigenvalue weighted by Crippen LogP contribution is -2.44. The van der Waals surface area contributed by atoms with Crippen molar-refractivity contribution in [1.82, 2.24) is 29.7 Å². The van der Waals surface area contributed by atoms with Gasteiger partial charge >= 0.3 is 12.2 Å². The number of Topliss-reactive ketones (excluding diaryl/α,β-unsaturated/α-hetero) is 1. The molecule has 2 aromatic rings. The van der Waals surface area contributed by atoms with Crippen molar-refractivity contribution in [1.29, 1.82) is 0 Å². The fourth-order valence-corrected chi connectivity index (χ4v) is 4.25. The number of methoxy groups -OCH3 is 2. The summed E-state index contributed by atoms with van der Waals surface area (Å²) in [6, 6.07) is 0.174. The molecule has 15 nitrogen and oxygen atoms in total. The van der Waals surface area contributed by atoms with Crippen LogP contribution in [0.1, 0.15) is 67.2 Å². The van der Waals surface area contributed by atoms with Gasteiger partial charge in [0.05, 0.1) is 26.6 Å². The molecule has 0 saturated carbocycles. The Balaban J connectivity index is 0.000000271. The number of halogens is 2. The second-order valence-electron chi connectivity index (χ2n) is 12.5. The summed E-state index contributed by atoms with van der Waals surface area (Å²) < 4.78 is 20.4. The van der Waals surface area contributed by atoms with Crippen molar-refractivity contribution in [2.24, 2.45) is 0 Å². The fraction of sp³-hybridized carbons (Fsp3) is 0.633. The van der Waals surface area contributed by atoms with Gasteiger partial charge in [-0.3, -0.25) is 4.79 Å². The molecule has 3 N–H and O–H groups in total. The molecule has 0 aliphatic carbocycles. The van der Waals surface area contributed by atoms with Gasteiger partial charge in [0.15, 0.2) is 21.9 Å². The number of nitrogen functional groups attached to an aromatic ring is 1. The Labute approximate surface area is 285 Å². The summed E-state index contributed by atoms with van der Waals surface area (Å²) in [5.41, 5.74) is 4.37. The topological polar surface area (TPSA) is 184 Å². The van der Waals surface area contributed by atoms with E-state index in [0.717, 1.165) is 12.8 Å². The normalized spacial score (nSPS) is 15.3. The van der Waals surface area contributed by atoms with Crippen molar-refractivity contribution < 1.29 is 33.3 Å². The third-order valence-corrected chi connectivity index (χ3v) is 6.88. The molecular weight excluding hydrogens is 655 g/mol. The zero-order valence-corrected chi connectivity index (χ0v) is 29.8. The van der Waals surface area contributed by atoms with Gasteiger partial charge in [-0.15, -0.1) is 0 Å². The largest absolute Gasteiger partial charge is 0.480 e. The predicted molar refractivity (Wildman–Crippen MR) is 178 cm³/mol. The molecule has 2 fully saturated rings. The Morgan fingerprint density at radius 2 is 1.26 bits per heavy atom. The van der Waals surface area contributed by atoms with E-state index in [1.165, 1.54) is 26.6 Å². The quantitative estimate of drug-likeness (QED) is 0.421. The molecule has 4 heterocycles. The Morgan fingerprint density at radius 1 is 0.809 bits per heavy atom. The van der Waals surface area contributed by atoms with Gasteiger partial charge in [0.25, 0.3) is 0 Å². The van der Waals surface area contributed by atoms with Gasteiger partial charge in [-0.2, -0.15) is 9.97 Å². The molecule has 0 unspecified atom stereocenters. The smallest absolute Gasteiger partial charge is 0.410 e. The van der Waals surface area contributed by atoms with Crippen LogP contribution in [0.3, 0.4) is 0 Å². The molecule has 47 heavy (non-hydrogen) atoms. The molecule has 2 amide bonds. The first-order chi connectivity index (χ1) is 21.9. The Hall–Kier alpha value is -3.85. The standard InChI is InChI=1S/C15H23ClN4O3.C10H17NO3.C5H6ClN3O/c1-15(2,3)23-14(21)20-7-5-10(6-8-20)18-13-12(16)17-9-11(19-13)22-4;1-10(2,3)14-9(13)11-6-4-8(12)5-7-11;1-10-3-2-8-4(6)5(7)9-3/h9-10H,5-8H2,1-4H3,(H,18,19);4-7H2,1-3H3;2H,1H3,(H2,7,9). The maximum atomic E-state index is 12.0. The number of aromatic nitrogens is 4. The van der Waals surface area contributed by atoms with Crippen molar-refractivity contribution in [3.05, 3.63) is 22.7 Å². The molecular formula is C30H46Cl2N8O7. The maximum Gasteiger partial charge on any atom is 0.410 e. The van der Waals surface area contributed by atoms with Crippen LogP contribution in [0.4, 0.5) is 21.2 Å². The third kappa shape index (κ3) is 14.6. The molecule has 0 aromatic carbocycles. The summed E-state index contributed by atoms with van der Waals surface area (Å²) in [5, 5.41) is 3.77. The highest BCUT2D eigenvalue weighted by molar-refractivity contribution is 6.31. The van der Waals surface area contributed by atoms with E-state index in [2.05, 4.69) is 25.3 Å². The van der Waals surface area contributed by atoms with Crippen molar-refractivity contribution >= 4 is 52.8 Å². The lowest BCUT2D eigenvalue weighted by Gasteiger charge is -2.33. The van der Waals surface area contributed by atoms with E-state index >= 15 is 0 Å². The van der Waals surface area contributed by atoms with E-state index < -0.39 is 11.2 Å². The summed E-state index contributed by atoms with van der Waals surface area (Å²) in [6.45, 7) is 13.3. The molecule has 0 bridgehead atoms. The zero-order valence-electron chi connectivity index (χ0n) is 28.3. The summed E-state index contributed by atoms with van der Waals surface area (Å²) in [5.74, 6) is 1.68. The van der Waals surface area contributed by atoms with E-state index in [-0.39, 0.29) is 35.0 Å². The molecule has 2 aliphatic heterocycles. The number of anilines is 2. The monoisotopic (exact) mass is 700 g/mol. The lowest BCUT2D eigenvalue weighted by molar-refractivity contribution is -0.121. The Kier molecular flexibility index (Phi) is 15.0. The number of ketones is 1. The summed E-state index contributed by atoms with van der Waals surface area (Å²) in [4.78, 5) is 53.5. The summed E-state index contributed by atoms with van der Waals surface area (Å²) in [6.07, 6.45) is 4.78. The van der Waals surface area contributed by atoms with E-state index in [4.69, 9.17) is 47.9 Å². The van der Waals surface area contributed by atoms with E-state index in [0.29, 0.717) is 61.8 Å². The molecule has 2 saturated heterocycles. The second kappa shape index (κ2) is 17.9. The number of nitrogens with zero attached hydrogens (tertiary/aromatic N) is 6. The van der Waals surface area contributed by atoms with Crippen LogP contribution in [0.5, 0.6) is 11.8 Å². The molecule has 262 valence electrons. The first kappa shape index (κ1) is 39.3. The molecule has 2 aromatic heterocycles. The van der Waals surface area contributed by atoms with Crippen molar-refractivity contribution in [3.8, 4) is 11.8 Å². The number of rotatable bonds is 4. The zero-order chi connectivity index (χ0) is 35.4. The first-order valence-electron chi connectivity index (χ1n) is 15.0. The van der Waals surface area contributed by atoms with Crippen LogP contribution in [0.15, 0.2) is 12.4 Å². The molecule has 0 spiro atoms. The molecule has 4 rings (SSSR count). The third-order valence-electron chi connectivity index (χ3n) is 6.31. The Bertz CT molecular complexity index is 1340. The van der Waals surface area contributed by atoms with Crippen LogP contribution < -0.4 is 20.5 Å². The SMILES string of the molecule is CC(C)(C)OC(=O)N1CCC(=O)CC1.COc1cnc(Cl)c(N)n1.COc1cnc(Cl)c(NC2CCN(C(=O)OC(C)(C)C)CC2)n1. The number of nitrogens with two attached hydrogens (primary N) is 1. The average Bonchev–Trinajstić information content (AvgIpc) is 2.99. The average molecular weight is 702 g/mol. The number of carbonyl (C=O) groups excluding carboxylic acids is 3. The number of piperidine rings is 2. The van der Waals surface area contributed by atoms with Crippen molar-refractivity contribution in [3.63, 3.8) is 0 Å². The molecule has 17 heteroatoms. The van der Waals surface area contributed by atoms with Crippen LogP contribution in [0.25, 0.3) is 0 Å². The van der Waals surface area contributed by atoms with E-state index in [9.17, 15) is 14.4 Å². The van der Waals surface area contributed by atoms with Gasteiger partial charge in [0.2, 0.25) is 11.8 Å². The minimum Gasteiger partial charge on any atom is -0.480 e. The lowest BCUT2D eigenvalue weighted by atomic mass is 10.1. The number of ether oxygens (including phenoxy) is 4. The minimum atomic E-state index is -0.476. The van der Waals surface area contributed by atoms with Gasteiger partial charge in [-0.05, 0) is 54.4 Å². The number of hydrogen-bond donors (Lipinski definition) is 2. The molecule has 2 aliphatic rings.